The number of fused-ring (bicyclic) bond motifs is 8. The maximum Gasteiger partial charge on any atom is 0.0839 e. The standard InChI is InChI=1S/C41H42ClN7/c42-30-13-14-34-36(24-30)44-37-23-27-20-26(21-29(22-27)38(37)39(34)43)8-6-7-17-49-25-31(46-47-49)15-18-48-19-16-33-32-11-4-5-12-35(32)45-40(33)41(48)28-9-2-1-3-10-28/h1-5,9-14,20,24-25,27,29,41,45H,6-8,15-19,21-23H2,(H2,43,44). The summed E-state index contributed by atoms with van der Waals surface area (Å²) in [5.41, 5.74) is 19.0. The van der Waals surface area contributed by atoms with E-state index in [-0.39, 0.29) is 6.04 Å². The number of hydrogen-bond donors (Lipinski definition) is 2. The zero-order valence-electron chi connectivity index (χ0n) is 27.8. The molecule has 3 unspecified atom stereocenters. The number of aromatic nitrogens is 5. The van der Waals surface area contributed by atoms with Crippen molar-refractivity contribution in [3.05, 3.63) is 129 Å². The number of hydrogen-bond acceptors (Lipinski definition) is 5. The molecule has 6 aromatic rings. The fourth-order valence-electron chi connectivity index (χ4n) is 8.96. The molecular formula is C41H42ClN7. The van der Waals surface area contributed by atoms with Gasteiger partial charge in [-0.2, -0.15) is 0 Å². The molecule has 3 aromatic heterocycles. The first-order chi connectivity index (χ1) is 24.1. The van der Waals surface area contributed by atoms with E-state index in [1.165, 1.54) is 45.4 Å². The van der Waals surface area contributed by atoms with Crippen LogP contribution in [0.15, 0.2) is 90.6 Å². The molecular weight excluding hydrogens is 626 g/mol. The van der Waals surface area contributed by atoms with Gasteiger partial charge >= 0.3 is 0 Å². The third-order valence-electron chi connectivity index (χ3n) is 11.2. The van der Waals surface area contributed by atoms with Gasteiger partial charge in [-0.25, -0.2) is 0 Å². The number of nitrogen functional groups attached to an aromatic ring is 1. The zero-order chi connectivity index (χ0) is 32.9. The maximum atomic E-state index is 6.77. The summed E-state index contributed by atoms with van der Waals surface area (Å²) in [5, 5.41) is 12.2. The van der Waals surface area contributed by atoms with Gasteiger partial charge in [-0.15, -0.1) is 5.10 Å². The summed E-state index contributed by atoms with van der Waals surface area (Å²) in [6.07, 6.45) is 13.2. The Balaban J connectivity index is 0.810. The Hall–Kier alpha value is -4.46. The number of nitrogens with two attached hydrogens (primary N) is 1. The normalized spacial score (nSPS) is 20.3. The first kappa shape index (κ1) is 30.6. The number of rotatable bonds is 9. The van der Waals surface area contributed by atoms with Gasteiger partial charge in [-0.3, -0.25) is 14.6 Å². The molecule has 8 heteroatoms. The van der Waals surface area contributed by atoms with Crippen LogP contribution in [0.3, 0.4) is 0 Å². The van der Waals surface area contributed by atoms with Gasteiger partial charge in [0.15, 0.2) is 0 Å². The predicted octanol–water partition coefficient (Wildman–Crippen LogP) is 8.58. The Morgan fingerprint density at radius 3 is 2.71 bits per heavy atom. The number of nitrogens with one attached hydrogen (secondary N) is 1. The van der Waals surface area contributed by atoms with Crippen molar-refractivity contribution in [1.82, 2.24) is 29.9 Å². The van der Waals surface area contributed by atoms with Crippen LogP contribution in [0.2, 0.25) is 5.02 Å². The van der Waals surface area contributed by atoms with E-state index in [0.717, 1.165) is 86.9 Å². The molecule has 0 saturated carbocycles. The molecule has 0 spiro atoms. The van der Waals surface area contributed by atoms with E-state index in [1.807, 2.05) is 22.9 Å². The number of aryl methyl sites for hydroxylation is 1. The fraction of sp³-hybridized carbons (Fsp3) is 0.341. The smallest absolute Gasteiger partial charge is 0.0839 e. The number of unbranched alkanes of at least 4 members (excludes halogenated alkanes) is 1. The van der Waals surface area contributed by atoms with E-state index in [1.54, 1.807) is 5.57 Å². The van der Waals surface area contributed by atoms with Crippen LogP contribution >= 0.6 is 11.6 Å². The van der Waals surface area contributed by atoms with Crippen molar-refractivity contribution in [3.8, 4) is 0 Å². The van der Waals surface area contributed by atoms with Crippen molar-refractivity contribution < 1.29 is 0 Å². The van der Waals surface area contributed by atoms with Crippen LogP contribution in [-0.4, -0.2) is 43.0 Å². The molecule has 2 bridgehead atoms. The molecule has 49 heavy (non-hydrogen) atoms. The second-order valence-corrected chi connectivity index (χ2v) is 14.8. The Labute approximate surface area is 292 Å². The van der Waals surface area contributed by atoms with Crippen LogP contribution in [0.5, 0.6) is 0 Å². The van der Waals surface area contributed by atoms with Gasteiger partial charge in [-0.1, -0.05) is 77.0 Å². The molecule has 3 aliphatic rings. The van der Waals surface area contributed by atoms with Gasteiger partial charge in [0.2, 0.25) is 0 Å². The highest BCUT2D eigenvalue weighted by atomic mass is 35.5. The highest BCUT2D eigenvalue weighted by Crippen LogP contribution is 2.47. The van der Waals surface area contributed by atoms with Crippen LogP contribution in [0, 0.1) is 5.92 Å². The minimum Gasteiger partial charge on any atom is -0.398 e. The van der Waals surface area contributed by atoms with Crippen LogP contribution in [-0.2, 0) is 25.8 Å². The van der Waals surface area contributed by atoms with Crippen molar-refractivity contribution in [2.45, 2.75) is 69.9 Å². The molecule has 0 fully saturated rings. The first-order valence-electron chi connectivity index (χ1n) is 17.9. The third kappa shape index (κ3) is 5.83. The summed E-state index contributed by atoms with van der Waals surface area (Å²) >= 11 is 6.26. The van der Waals surface area contributed by atoms with Gasteiger partial charge in [0.25, 0.3) is 0 Å². The molecule has 9 rings (SSSR count). The van der Waals surface area contributed by atoms with Crippen molar-refractivity contribution in [3.63, 3.8) is 0 Å². The quantitative estimate of drug-likeness (QED) is 0.119. The highest BCUT2D eigenvalue weighted by Gasteiger charge is 2.34. The zero-order valence-corrected chi connectivity index (χ0v) is 28.5. The van der Waals surface area contributed by atoms with E-state index in [2.05, 4.69) is 87.1 Å². The lowest BCUT2D eigenvalue weighted by Gasteiger charge is -2.36. The van der Waals surface area contributed by atoms with Gasteiger partial charge in [0.05, 0.1) is 17.3 Å². The van der Waals surface area contributed by atoms with E-state index < -0.39 is 0 Å². The van der Waals surface area contributed by atoms with Gasteiger partial charge < -0.3 is 10.7 Å². The minimum absolute atomic E-state index is 0.209. The van der Waals surface area contributed by atoms with E-state index in [4.69, 9.17) is 22.3 Å². The Morgan fingerprint density at radius 1 is 0.918 bits per heavy atom. The Morgan fingerprint density at radius 2 is 1.80 bits per heavy atom. The van der Waals surface area contributed by atoms with Gasteiger partial charge in [0.1, 0.15) is 0 Å². The van der Waals surface area contributed by atoms with Gasteiger partial charge in [-0.05, 0) is 92.2 Å². The van der Waals surface area contributed by atoms with Crippen LogP contribution in [0.4, 0.5) is 5.69 Å². The Bertz CT molecular complexity index is 2180. The molecule has 3 N–H and O–H groups in total. The van der Waals surface area contributed by atoms with E-state index in [9.17, 15) is 0 Å². The number of nitrogens with zero attached hydrogens (tertiary/aromatic N) is 5. The highest BCUT2D eigenvalue weighted by molar-refractivity contribution is 6.31. The van der Waals surface area contributed by atoms with Crippen LogP contribution in [0.1, 0.15) is 77.8 Å². The summed E-state index contributed by atoms with van der Waals surface area (Å²) in [5.74, 6) is 1.01. The monoisotopic (exact) mass is 667 g/mol. The second kappa shape index (κ2) is 12.8. The molecule has 4 heterocycles. The second-order valence-electron chi connectivity index (χ2n) is 14.3. The third-order valence-corrected chi connectivity index (χ3v) is 11.4. The summed E-state index contributed by atoms with van der Waals surface area (Å²) in [6, 6.07) is 25.7. The van der Waals surface area contributed by atoms with Crippen molar-refractivity contribution in [2.24, 2.45) is 5.92 Å². The summed E-state index contributed by atoms with van der Waals surface area (Å²) in [6.45, 7) is 2.87. The van der Waals surface area contributed by atoms with Crippen LogP contribution in [0.25, 0.3) is 21.8 Å². The van der Waals surface area contributed by atoms with Crippen LogP contribution < -0.4 is 5.73 Å². The molecule has 248 valence electrons. The number of benzene rings is 3. The average Bonchev–Trinajstić information content (AvgIpc) is 3.73. The SMILES string of the molecule is Nc1c2c(nc3cc(Cl)ccc13)CC1C=C(CCCCn3cc(CCN4CCc5c([nH]c6ccccc56)C4c4ccccc4)nn3)CC2C1. The number of halogens is 1. The molecule has 3 aromatic carbocycles. The summed E-state index contributed by atoms with van der Waals surface area (Å²) < 4.78 is 2.04. The number of allylic oxidation sites excluding steroid dienone is 2. The minimum atomic E-state index is 0.209. The lowest BCUT2D eigenvalue weighted by Crippen LogP contribution is -2.37. The number of para-hydroxylation sites is 1. The van der Waals surface area contributed by atoms with Gasteiger partial charge in [0, 0.05) is 76.2 Å². The average molecular weight is 668 g/mol. The molecule has 7 nitrogen and oxygen atoms in total. The maximum absolute atomic E-state index is 6.77. The number of aromatic amines is 1. The summed E-state index contributed by atoms with van der Waals surface area (Å²) in [4.78, 5) is 11.4. The largest absolute Gasteiger partial charge is 0.398 e. The molecule has 1 aliphatic heterocycles. The predicted molar refractivity (Wildman–Crippen MR) is 198 cm³/mol. The van der Waals surface area contributed by atoms with E-state index in [0.29, 0.717) is 16.9 Å². The lowest BCUT2D eigenvalue weighted by molar-refractivity contribution is 0.213. The number of H-pyrrole nitrogens is 1. The van der Waals surface area contributed by atoms with Crippen molar-refractivity contribution in [1.29, 1.82) is 0 Å². The van der Waals surface area contributed by atoms with E-state index >= 15 is 0 Å². The molecule has 0 radical (unpaired) electrons. The van der Waals surface area contributed by atoms with Crippen molar-refractivity contribution >= 4 is 39.1 Å². The summed E-state index contributed by atoms with van der Waals surface area (Å²) in [7, 11) is 0. The number of pyridine rings is 1. The molecule has 0 saturated heterocycles. The lowest BCUT2D eigenvalue weighted by atomic mass is 9.70. The first-order valence-corrected chi connectivity index (χ1v) is 18.3. The molecule has 2 aliphatic carbocycles. The fourth-order valence-corrected chi connectivity index (χ4v) is 9.13. The van der Waals surface area contributed by atoms with Crippen molar-refractivity contribution in [2.75, 3.05) is 18.8 Å². The molecule has 0 amide bonds. The molecule has 3 atom stereocenters. The Kier molecular flexibility index (Phi) is 7.97. The topological polar surface area (TPSA) is 88.6 Å². The number of anilines is 1.